The molecule has 4 nitrogen and oxygen atoms in total. The third-order valence-corrected chi connectivity index (χ3v) is 2.14. The third kappa shape index (κ3) is 2.25. The van der Waals surface area contributed by atoms with Crippen LogP contribution < -0.4 is 10.5 Å². The molecule has 2 N–H and O–H groups in total. The van der Waals surface area contributed by atoms with E-state index in [-0.39, 0.29) is 18.7 Å². The highest BCUT2D eigenvalue weighted by Crippen LogP contribution is 2.32. The van der Waals surface area contributed by atoms with Gasteiger partial charge >= 0.3 is 0 Å². The number of alkyl halides is 2. The lowest BCUT2D eigenvalue weighted by Gasteiger charge is -2.13. The summed E-state index contributed by atoms with van der Waals surface area (Å²) in [5.74, 6) is -0.0421. The van der Waals surface area contributed by atoms with E-state index in [1.165, 1.54) is 13.3 Å². The molecule has 0 aliphatic heterocycles. The van der Waals surface area contributed by atoms with Crippen LogP contribution in [0.2, 0.25) is 0 Å². The van der Waals surface area contributed by atoms with Gasteiger partial charge in [-0.3, -0.25) is 4.98 Å². The van der Waals surface area contributed by atoms with Gasteiger partial charge in [0, 0.05) is 18.3 Å². The van der Waals surface area contributed by atoms with Gasteiger partial charge in [-0.2, -0.15) is 5.26 Å². The highest BCUT2D eigenvalue weighted by molar-refractivity contribution is 5.44. The van der Waals surface area contributed by atoms with Gasteiger partial charge in [0.05, 0.1) is 19.6 Å². The van der Waals surface area contributed by atoms with Crippen LogP contribution in [0.3, 0.4) is 0 Å². The molecule has 16 heavy (non-hydrogen) atoms. The standard InChI is InChI=1S/C10H11F2N3O/c1-16-9-7(2-3-13)6(4-14)5-15-8(9)10(11)12/h5,10H,2,4,14H2,1H3. The molecule has 86 valence electrons. The maximum Gasteiger partial charge on any atom is 0.284 e. The summed E-state index contributed by atoms with van der Waals surface area (Å²) in [5.41, 5.74) is 5.92. The summed E-state index contributed by atoms with van der Waals surface area (Å²) in [4.78, 5) is 3.60. The van der Waals surface area contributed by atoms with Gasteiger partial charge in [0.25, 0.3) is 6.43 Å². The van der Waals surface area contributed by atoms with E-state index < -0.39 is 12.1 Å². The molecular weight excluding hydrogens is 216 g/mol. The number of halogens is 2. The first-order chi connectivity index (χ1) is 7.65. The molecule has 0 aliphatic rings. The molecule has 0 fully saturated rings. The Morgan fingerprint density at radius 2 is 2.31 bits per heavy atom. The summed E-state index contributed by atoms with van der Waals surface area (Å²) < 4.78 is 30.1. The zero-order valence-corrected chi connectivity index (χ0v) is 8.70. The molecule has 6 heteroatoms. The van der Waals surface area contributed by atoms with E-state index in [0.717, 1.165) is 0 Å². The van der Waals surface area contributed by atoms with Crippen LogP contribution in [0, 0.1) is 11.3 Å². The number of aromatic nitrogens is 1. The molecule has 0 atom stereocenters. The number of rotatable bonds is 4. The minimum atomic E-state index is -2.74. The Morgan fingerprint density at radius 3 is 2.75 bits per heavy atom. The lowest BCUT2D eigenvalue weighted by atomic mass is 10.0. The molecule has 1 aromatic heterocycles. The summed E-state index contributed by atoms with van der Waals surface area (Å²) in [6.07, 6.45) is -1.51. The van der Waals surface area contributed by atoms with Crippen LogP contribution in [0.5, 0.6) is 5.75 Å². The topological polar surface area (TPSA) is 71.9 Å². The number of pyridine rings is 1. The minimum absolute atomic E-state index is 0.0298. The van der Waals surface area contributed by atoms with E-state index in [4.69, 9.17) is 15.7 Å². The fourth-order valence-corrected chi connectivity index (χ4v) is 1.42. The van der Waals surface area contributed by atoms with Crippen molar-refractivity contribution in [2.75, 3.05) is 7.11 Å². The van der Waals surface area contributed by atoms with Gasteiger partial charge < -0.3 is 10.5 Å². The van der Waals surface area contributed by atoms with Crippen molar-refractivity contribution in [3.63, 3.8) is 0 Å². The van der Waals surface area contributed by atoms with E-state index in [1.54, 1.807) is 0 Å². The zero-order valence-electron chi connectivity index (χ0n) is 8.70. The van der Waals surface area contributed by atoms with Crippen LogP contribution in [-0.2, 0) is 13.0 Å². The zero-order chi connectivity index (χ0) is 12.1. The van der Waals surface area contributed by atoms with Crippen molar-refractivity contribution in [3.8, 4) is 11.8 Å². The maximum atomic E-state index is 12.6. The number of hydrogen-bond acceptors (Lipinski definition) is 4. The third-order valence-electron chi connectivity index (χ3n) is 2.14. The summed E-state index contributed by atoms with van der Waals surface area (Å²) in [6.45, 7) is 0.129. The number of hydrogen-bond donors (Lipinski definition) is 1. The second-order valence-corrected chi connectivity index (χ2v) is 3.02. The van der Waals surface area contributed by atoms with Crippen molar-refractivity contribution in [2.24, 2.45) is 5.73 Å². The Kier molecular flexibility index (Phi) is 4.14. The minimum Gasteiger partial charge on any atom is -0.494 e. The van der Waals surface area contributed by atoms with Crippen molar-refractivity contribution in [2.45, 2.75) is 19.4 Å². The van der Waals surface area contributed by atoms with Crippen molar-refractivity contribution in [3.05, 3.63) is 23.0 Å². The molecule has 0 aromatic carbocycles. The van der Waals surface area contributed by atoms with Crippen LogP contribution in [0.1, 0.15) is 23.2 Å². The molecular formula is C10H11F2N3O. The SMILES string of the molecule is COc1c(C(F)F)ncc(CN)c1CC#N. The molecule has 0 saturated carbocycles. The molecule has 0 amide bonds. The number of nitrogens with two attached hydrogens (primary N) is 1. The Morgan fingerprint density at radius 1 is 1.62 bits per heavy atom. The van der Waals surface area contributed by atoms with Crippen LogP contribution in [-0.4, -0.2) is 12.1 Å². The van der Waals surface area contributed by atoms with E-state index in [1.807, 2.05) is 6.07 Å². The molecule has 1 aromatic rings. The molecule has 0 bridgehead atoms. The van der Waals surface area contributed by atoms with E-state index in [9.17, 15) is 8.78 Å². The predicted octanol–water partition coefficient (Wildman–Crippen LogP) is 1.55. The van der Waals surface area contributed by atoms with Gasteiger partial charge in [0.1, 0.15) is 5.69 Å². The highest BCUT2D eigenvalue weighted by Gasteiger charge is 2.21. The lowest BCUT2D eigenvalue weighted by Crippen LogP contribution is -2.08. The fraction of sp³-hybridized carbons (Fsp3) is 0.400. The van der Waals surface area contributed by atoms with Gasteiger partial charge in [0.2, 0.25) is 0 Å². The van der Waals surface area contributed by atoms with E-state index in [2.05, 4.69) is 4.98 Å². The lowest BCUT2D eigenvalue weighted by molar-refractivity contribution is 0.141. The van der Waals surface area contributed by atoms with Crippen LogP contribution in [0.25, 0.3) is 0 Å². The first-order valence-corrected chi connectivity index (χ1v) is 4.55. The van der Waals surface area contributed by atoms with E-state index in [0.29, 0.717) is 11.1 Å². The summed E-state index contributed by atoms with van der Waals surface area (Å²) in [7, 11) is 1.27. The molecule has 1 heterocycles. The molecule has 0 spiro atoms. The average molecular weight is 227 g/mol. The van der Waals surface area contributed by atoms with Crippen molar-refractivity contribution in [1.29, 1.82) is 5.26 Å². The predicted molar refractivity (Wildman–Crippen MR) is 53.0 cm³/mol. The first kappa shape index (κ1) is 12.3. The van der Waals surface area contributed by atoms with Gasteiger partial charge in [-0.1, -0.05) is 0 Å². The molecule has 0 unspecified atom stereocenters. The number of nitriles is 1. The van der Waals surface area contributed by atoms with Crippen LogP contribution in [0.15, 0.2) is 6.20 Å². The number of ether oxygens (including phenoxy) is 1. The Balaban J connectivity index is 3.38. The summed E-state index contributed by atoms with van der Waals surface area (Å²) >= 11 is 0. The number of nitrogens with zero attached hydrogens (tertiary/aromatic N) is 2. The Hall–Kier alpha value is -1.74. The fourth-order valence-electron chi connectivity index (χ4n) is 1.42. The molecule has 0 radical (unpaired) electrons. The van der Waals surface area contributed by atoms with Crippen LogP contribution >= 0.6 is 0 Å². The van der Waals surface area contributed by atoms with Crippen LogP contribution in [0.4, 0.5) is 8.78 Å². The maximum absolute atomic E-state index is 12.6. The quantitative estimate of drug-likeness (QED) is 0.847. The van der Waals surface area contributed by atoms with Gasteiger partial charge in [0.15, 0.2) is 5.75 Å². The van der Waals surface area contributed by atoms with Crippen molar-refractivity contribution < 1.29 is 13.5 Å². The average Bonchev–Trinajstić information content (AvgIpc) is 2.28. The Bertz CT molecular complexity index is 415. The van der Waals surface area contributed by atoms with Crippen molar-refractivity contribution >= 4 is 0 Å². The summed E-state index contributed by atoms with van der Waals surface area (Å²) in [6, 6.07) is 1.89. The molecule has 0 saturated heterocycles. The first-order valence-electron chi connectivity index (χ1n) is 4.55. The largest absolute Gasteiger partial charge is 0.494 e. The summed E-state index contributed by atoms with van der Waals surface area (Å²) in [5, 5.41) is 8.63. The van der Waals surface area contributed by atoms with Gasteiger partial charge in [-0.25, -0.2) is 8.78 Å². The van der Waals surface area contributed by atoms with Crippen molar-refractivity contribution in [1.82, 2.24) is 4.98 Å². The monoisotopic (exact) mass is 227 g/mol. The second kappa shape index (κ2) is 5.37. The van der Waals surface area contributed by atoms with E-state index >= 15 is 0 Å². The van der Waals surface area contributed by atoms with Gasteiger partial charge in [-0.05, 0) is 5.56 Å². The number of methoxy groups -OCH3 is 1. The Labute approximate surface area is 91.7 Å². The molecule has 0 aliphatic carbocycles. The molecule has 1 rings (SSSR count). The normalized spacial score (nSPS) is 10.2. The highest BCUT2D eigenvalue weighted by atomic mass is 19.3. The second-order valence-electron chi connectivity index (χ2n) is 3.02. The smallest absolute Gasteiger partial charge is 0.284 e. The van der Waals surface area contributed by atoms with Gasteiger partial charge in [-0.15, -0.1) is 0 Å².